The molecule has 4 rings (SSSR count). The van der Waals surface area contributed by atoms with Gasteiger partial charge in [0.05, 0.1) is 28.3 Å². The number of benzene rings is 1. The number of hydrogen-bond donors (Lipinski definition) is 1. The molecule has 0 atom stereocenters. The van der Waals surface area contributed by atoms with Crippen molar-refractivity contribution in [2.45, 2.75) is 0 Å². The molecule has 0 spiro atoms. The van der Waals surface area contributed by atoms with Gasteiger partial charge in [0.1, 0.15) is 0 Å². The summed E-state index contributed by atoms with van der Waals surface area (Å²) in [5.41, 5.74) is 2.18. The number of aromatic amines is 1. The molecule has 0 bridgehead atoms. The van der Waals surface area contributed by atoms with Crippen molar-refractivity contribution in [3.05, 3.63) is 63.7 Å². The topological polar surface area (TPSA) is 63.6 Å². The zero-order chi connectivity index (χ0) is 14.4. The van der Waals surface area contributed by atoms with Crippen LogP contribution in [0.5, 0.6) is 0 Å². The number of hydrogen-bond acceptors (Lipinski definition) is 3. The van der Waals surface area contributed by atoms with Crippen molar-refractivity contribution in [1.29, 1.82) is 0 Å². The van der Waals surface area contributed by atoms with E-state index in [1.165, 1.54) is 4.68 Å². The fourth-order valence-electron chi connectivity index (χ4n) is 2.40. The normalized spacial score (nSPS) is 11.3. The first-order chi connectivity index (χ1) is 10.2. The van der Waals surface area contributed by atoms with Crippen LogP contribution in [-0.4, -0.2) is 19.7 Å². The van der Waals surface area contributed by atoms with Gasteiger partial charge >= 0.3 is 0 Å². The van der Waals surface area contributed by atoms with E-state index >= 15 is 0 Å². The number of nitrogens with zero attached hydrogens (tertiary/aromatic N) is 3. The van der Waals surface area contributed by atoms with E-state index in [4.69, 9.17) is 0 Å². The van der Waals surface area contributed by atoms with Crippen molar-refractivity contribution in [1.82, 2.24) is 19.7 Å². The number of aromatic nitrogens is 4. The molecule has 5 nitrogen and oxygen atoms in total. The molecule has 0 radical (unpaired) electrons. The van der Waals surface area contributed by atoms with Gasteiger partial charge in [0.15, 0.2) is 0 Å². The lowest BCUT2D eigenvalue weighted by molar-refractivity contribution is 0.858. The lowest BCUT2D eigenvalue weighted by Gasteiger charge is -2.00. The average molecular weight is 341 g/mol. The minimum Gasteiger partial charge on any atom is -0.289 e. The van der Waals surface area contributed by atoms with Crippen LogP contribution in [0.1, 0.15) is 0 Å². The van der Waals surface area contributed by atoms with Gasteiger partial charge in [-0.05, 0) is 30.3 Å². The second-order valence-electron chi connectivity index (χ2n) is 4.67. The zero-order valence-corrected chi connectivity index (χ0v) is 12.3. The number of rotatable bonds is 1. The Morgan fingerprint density at radius 1 is 1.14 bits per heavy atom. The smallest absolute Gasteiger partial charge is 0.280 e. The Balaban J connectivity index is 2.11. The standard InChI is InChI=1S/C15H9BrN4O/c16-9-3-4-11-13(6-9)18-8-12-14(11)19-20(15(12)21)10-2-1-5-17-7-10/h1-8,19H. The molecular formula is C15H9BrN4O. The molecule has 4 aromatic rings. The van der Waals surface area contributed by atoms with Crippen molar-refractivity contribution >= 4 is 37.7 Å². The molecule has 102 valence electrons. The highest BCUT2D eigenvalue weighted by molar-refractivity contribution is 9.10. The second kappa shape index (κ2) is 4.53. The van der Waals surface area contributed by atoms with Crippen molar-refractivity contribution in [3.63, 3.8) is 0 Å². The van der Waals surface area contributed by atoms with E-state index in [-0.39, 0.29) is 5.56 Å². The monoisotopic (exact) mass is 340 g/mol. The van der Waals surface area contributed by atoms with Crippen molar-refractivity contribution in [3.8, 4) is 5.69 Å². The molecule has 0 amide bonds. The second-order valence-corrected chi connectivity index (χ2v) is 5.59. The van der Waals surface area contributed by atoms with Crippen LogP contribution in [0, 0.1) is 0 Å². The Morgan fingerprint density at radius 2 is 2.05 bits per heavy atom. The molecule has 0 aliphatic carbocycles. The summed E-state index contributed by atoms with van der Waals surface area (Å²) in [6, 6.07) is 9.42. The number of fused-ring (bicyclic) bond motifs is 3. The van der Waals surface area contributed by atoms with Crippen LogP contribution in [0.15, 0.2) is 58.2 Å². The van der Waals surface area contributed by atoms with E-state index < -0.39 is 0 Å². The summed E-state index contributed by atoms with van der Waals surface area (Å²) >= 11 is 3.43. The third-order valence-corrected chi connectivity index (χ3v) is 3.89. The predicted molar refractivity (Wildman–Crippen MR) is 84.7 cm³/mol. The van der Waals surface area contributed by atoms with Gasteiger partial charge in [0.2, 0.25) is 0 Å². The van der Waals surface area contributed by atoms with E-state index in [9.17, 15) is 4.79 Å². The maximum atomic E-state index is 12.5. The summed E-state index contributed by atoms with van der Waals surface area (Å²) in [5.74, 6) is 0. The van der Waals surface area contributed by atoms with Crippen molar-refractivity contribution in [2.75, 3.05) is 0 Å². The SMILES string of the molecule is O=c1c2cnc3cc(Br)ccc3c2[nH]n1-c1cccnc1. The van der Waals surface area contributed by atoms with Gasteiger partial charge in [-0.1, -0.05) is 15.9 Å². The first-order valence-corrected chi connectivity index (χ1v) is 7.13. The molecule has 6 heteroatoms. The van der Waals surface area contributed by atoms with Crippen LogP contribution in [0.3, 0.4) is 0 Å². The van der Waals surface area contributed by atoms with E-state index in [1.54, 1.807) is 24.7 Å². The van der Waals surface area contributed by atoms with Gasteiger partial charge in [0, 0.05) is 22.3 Å². The summed E-state index contributed by atoms with van der Waals surface area (Å²) in [6.45, 7) is 0. The van der Waals surface area contributed by atoms with E-state index in [2.05, 4.69) is 31.0 Å². The Bertz CT molecular complexity index is 1020. The quantitative estimate of drug-likeness (QED) is 0.579. The maximum absolute atomic E-state index is 12.5. The summed E-state index contributed by atoms with van der Waals surface area (Å²) in [5, 5.41) is 4.63. The highest BCUT2D eigenvalue weighted by Gasteiger charge is 2.11. The highest BCUT2D eigenvalue weighted by atomic mass is 79.9. The molecular weight excluding hydrogens is 332 g/mol. The number of pyridine rings is 2. The van der Waals surface area contributed by atoms with Crippen LogP contribution < -0.4 is 5.56 Å². The summed E-state index contributed by atoms with van der Waals surface area (Å²) in [4.78, 5) is 20.9. The summed E-state index contributed by atoms with van der Waals surface area (Å²) in [7, 11) is 0. The Hall–Kier alpha value is -2.47. The predicted octanol–water partition coefficient (Wildman–Crippen LogP) is 3.02. The van der Waals surface area contributed by atoms with E-state index in [1.807, 2.05) is 24.3 Å². The van der Waals surface area contributed by atoms with Crippen molar-refractivity contribution < 1.29 is 0 Å². The summed E-state index contributed by atoms with van der Waals surface area (Å²) in [6.07, 6.45) is 4.92. The maximum Gasteiger partial charge on any atom is 0.280 e. The Labute approximate surface area is 127 Å². The van der Waals surface area contributed by atoms with Crippen LogP contribution in [0.2, 0.25) is 0 Å². The molecule has 1 N–H and O–H groups in total. The molecule has 0 aliphatic heterocycles. The lowest BCUT2D eigenvalue weighted by atomic mass is 10.2. The lowest BCUT2D eigenvalue weighted by Crippen LogP contribution is -2.14. The Kier molecular flexibility index (Phi) is 2.65. The molecule has 21 heavy (non-hydrogen) atoms. The molecule has 3 aromatic heterocycles. The third-order valence-electron chi connectivity index (χ3n) is 3.39. The van der Waals surface area contributed by atoms with Gasteiger partial charge in [-0.2, -0.15) is 0 Å². The Morgan fingerprint density at radius 3 is 2.86 bits per heavy atom. The minimum atomic E-state index is -0.129. The largest absolute Gasteiger partial charge is 0.289 e. The average Bonchev–Trinajstić information content (AvgIpc) is 2.85. The number of halogens is 1. The van der Waals surface area contributed by atoms with Crippen LogP contribution >= 0.6 is 15.9 Å². The van der Waals surface area contributed by atoms with Gasteiger partial charge in [0.25, 0.3) is 5.56 Å². The van der Waals surface area contributed by atoms with Crippen LogP contribution in [0.25, 0.3) is 27.5 Å². The fraction of sp³-hybridized carbons (Fsp3) is 0. The fourth-order valence-corrected chi connectivity index (χ4v) is 2.75. The summed E-state index contributed by atoms with van der Waals surface area (Å²) < 4.78 is 2.44. The first kappa shape index (κ1) is 12.3. The van der Waals surface area contributed by atoms with Gasteiger partial charge in [-0.15, -0.1) is 0 Å². The molecule has 0 fully saturated rings. The van der Waals surface area contributed by atoms with Crippen molar-refractivity contribution in [2.24, 2.45) is 0 Å². The van der Waals surface area contributed by atoms with Gasteiger partial charge in [-0.25, -0.2) is 4.68 Å². The van der Waals surface area contributed by atoms with E-state index in [0.717, 1.165) is 20.9 Å². The molecule has 1 aromatic carbocycles. The third kappa shape index (κ3) is 1.87. The van der Waals surface area contributed by atoms with Gasteiger partial charge in [-0.3, -0.25) is 19.9 Å². The van der Waals surface area contributed by atoms with Crippen LogP contribution in [0.4, 0.5) is 0 Å². The highest BCUT2D eigenvalue weighted by Crippen LogP contribution is 2.23. The molecule has 0 unspecified atom stereocenters. The number of nitrogens with one attached hydrogen (secondary N) is 1. The molecule has 0 saturated heterocycles. The minimum absolute atomic E-state index is 0.129. The molecule has 3 heterocycles. The zero-order valence-electron chi connectivity index (χ0n) is 10.7. The molecule has 0 aliphatic rings. The van der Waals surface area contributed by atoms with Gasteiger partial charge < -0.3 is 0 Å². The molecule has 0 saturated carbocycles. The number of H-pyrrole nitrogens is 1. The first-order valence-electron chi connectivity index (χ1n) is 6.33. The van der Waals surface area contributed by atoms with Crippen LogP contribution in [-0.2, 0) is 0 Å². The van der Waals surface area contributed by atoms with E-state index in [0.29, 0.717) is 11.1 Å².